The highest BCUT2D eigenvalue weighted by atomic mass is 35.5. The molecule has 2 aliphatic carbocycles. The fraction of sp³-hybridized carbons (Fsp3) is 0.733. The predicted molar refractivity (Wildman–Crippen MR) is 79.6 cm³/mol. The lowest BCUT2D eigenvalue weighted by atomic mass is 9.91. The van der Waals surface area contributed by atoms with Crippen molar-refractivity contribution in [2.24, 2.45) is 5.92 Å². The number of thiophene rings is 1. The summed E-state index contributed by atoms with van der Waals surface area (Å²) in [6.07, 6.45) is 9.49. The van der Waals surface area contributed by atoms with E-state index in [0.717, 1.165) is 10.3 Å². The van der Waals surface area contributed by atoms with Crippen molar-refractivity contribution in [3.63, 3.8) is 0 Å². The number of rotatable bonds is 3. The monoisotopic (exact) mass is 283 g/mol. The number of hydrogen-bond acceptors (Lipinski definition) is 2. The van der Waals surface area contributed by atoms with E-state index in [1.165, 1.54) is 55.4 Å². The fourth-order valence-corrected chi connectivity index (χ4v) is 4.99. The van der Waals surface area contributed by atoms with Gasteiger partial charge in [-0.25, -0.2) is 0 Å². The van der Waals surface area contributed by atoms with Crippen LogP contribution in [0.2, 0.25) is 4.34 Å². The molecule has 0 spiro atoms. The van der Waals surface area contributed by atoms with E-state index in [-0.39, 0.29) is 0 Å². The van der Waals surface area contributed by atoms with Gasteiger partial charge in [0, 0.05) is 17.0 Å². The summed E-state index contributed by atoms with van der Waals surface area (Å²) in [7, 11) is 0. The Morgan fingerprint density at radius 3 is 2.83 bits per heavy atom. The van der Waals surface area contributed by atoms with Gasteiger partial charge in [-0.05, 0) is 56.6 Å². The average Bonchev–Trinajstić information content (AvgIpc) is 2.96. The predicted octanol–water partition coefficient (Wildman–Crippen LogP) is 4.95. The molecule has 100 valence electrons. The van der Waals surface area contributed by atoms with Crippen molar-refractivity contribution in [1.82, 2.24) is 5.32 Å². The summed E-state index contributed by atoms with van der Waals surface area (Å²) in [6, 6.07) is 3.40. The smallest absolute Gasteiger partial charge is 0.0934 e. The Kier molecular flexibility index (Phi) is 3.97. The summed E-state index contributed by atoms with van der Waals surface area (Å²) in [6.45, 7) is 2.37. The van der Waals surface area contributed by atoms with Crippen LogP contribution in [0.25, 0.3) is 0 Å². The minimum atomic E-state index is 0.549. The highest BCUT2D eigenvalue weighted by molar-refractivity contribution is 7.16. The molecule has 3 heteroatoms. The van der Waals surface area contributed by atoms with E-state index in [1.807, 2.05) is 0 Å². The lowest BCUT2D eigenvalue weighted by Gasteiger charge is -2.30. The van der Waals surface area contributed by atoms with E-state index >= 15 is 0 Å². The van der Waals surface area contributed by atoms with Gasteiger partial charge in [-0.2, -0.15) is 0 Å². The first kappa shape index (κ1) is 13.0. The zero-order valence-corrected chi connectivity index (χ0v) is 12.6. The molecule has 1 aromatic heterocycles. The number of nitrogens with one attached hydrogen (secondary N) is 1. The standard InChI is InChI=1S/C15H22ClNS/c1-10(11-5-2-3-6-11)17-13-7-4-8-14-12(13)9-15(16)18-14/h9-11,13,17H,2-8H2,1H3/t10-,13?/m0/s1. The van der Waals surface area contributed by atoms with Gasteiger partial charge in [-0.1, -0.05) is 24.4 Å². The summed E-state index contributed by atoms with van der Waals surface area (Å²) in [5.74, 6) is 0.893. The molecule has 2 aliphatic rings. The van der Waals surface area contributed by atoms with Gasteiger partial charge in [0.15, 0.2) is 0 Å². The SMILES string of the molecule is C[C@H](NC1CCCc2sc(Cl)cc21)C1CCCC1. The quantitative estimate of drug-likeness (QED) is 0.828. The maximum Gasteiger partial charge on any atom is 0.0934 e. The van der Waals surface area contributed by atoms with Crippen molar-refractivity contribution in [3.05, 3.63) is 20.8 Å². The molecule has 0 bridgehead atoms. The fourth-order valence-electron chi connectivity index (χ4n) is 3.61. The third kappa shape index (κ3) is 2.61. The minimum absolute atomic E-state index is 0.549. The van der Waals surface area contributed by atoms with Gasteiger partial charge in [-0.15, -0.1) is 11.3 Å². The van der Waals surface area contributed by atoms with Crippen LogP contribution in [0.1, 0.15) is 61.9 Å². The first-order valence-electron chi connectivity index (χ1n) is 7.28. The number of hydrogen-bond donors (Lipinski definition) is 1. The molecule has 1 aromatic rings. The molecular weight excluding hydrogens is 262 g/mol. The van der Waals surface area contributed by atoms with Crippen LogP contribution in [0, 0.1) is 5.92 Å². The first-order chi connectivity index (χ1) is 8.74. The summed E-state index contributed by atoms with van der Waals surface area (Å²) in [5, 5.41) is 3.88. The van der Waals surface area contributed by atoms with Gasteiger partial charge in [-0.3, -0.25) is 0 Å². The Morgan fingerprint density at radius 2 is 2.06 bits per heavy atom. The molecule has 0 radical (unpaired) electrons. The topological polar surface area (TPSA) is 12.0 Å². The van der Waals surface area contributed by atoms with Gasteiger partial charge in [0.1, 0.15) is 0 Å². The molecule has 1 unspecified atom stereocenters. The van der Waals surface area contributed by atoms with E-state index in [1.54, 1.807) is 11.3 Å². The molecule has 2 atom stereocenters. The van der Waals surface area contributed by atoms with Gasteiger partial charge >= 0.3 is 0 Å². The summed E-state index contributed by atoms with van der Waals surface area (Å²) >= 11 is 7.95. The van der Waals surface area contributed by atoms with E-state index in [2.05, 4.69) is 18.3 Å². The number of halogens is 1. The third-order valence-corrected chi connectivity index (χ3v) is 5.99. The largest absolute Gasteiger partial charge is 0.307 e. The molecule has 1 heterocycles. The maximum atomic E-state index is 6.17. The van der Waals surface area contributed by atoms with E-state index in [0.29, 0.717) is 12.1 Å². The second kappa shape index (κ2) is 5.52. The first-order valence-corrected chi connectivity index (χ1v) is 8.47. The Bertz CT molecular complexity index is 409. The maximum absolute atomic E-state index is 6.17. The average molecular weight is 284 g/mol. The zero-order valence-electron chi connectivity index (χ0n) is 11.0. The van der Waals surface area contributed by atoms with Crippen LogP contribution in [-0.4, -0.2) is 6.04 Å². The number of aryl methyl sites for hydroxylation is 1. The summed E-state index contributed by atoms with van der Waals surface area (Å²) < 4.78 is 0.960. The van der Waals surface area contributed by atoms with Gasteiger partial charge in [0.2, 0.25) is 0 Å². The molecule has 3 rings (SSSR count). The minimum Gasteiger partial charge on any atom is -0.307 e. The lowest BCUT2D eigenvalue weighted by Crippen LogP contribution is -2.36. The molecule has 1 fully saturated rings. The van der Waals surface area contributed by atoms with Crippen LogP contribution in [-0.2, 0) is 6.42 Å². The lowest BCUT2D eigenvalue weighted by molar-refractivity contribution is 0.325. The molecule has 0 aromatic carbocycles. The molecule has 1 nitrogen and oxygen atoms in total. The van der Waals surface area contributed by atoms with Crippen LogP contribution < -0.4 is 5.32 Å². The Hall–Kier alpha value is -0.0500. The molecule has 18 heavy (non-hydrogen) atoms. The highest BCUT2D eigenvalue weighted by Crippen LogP contribution is 2.39. The van der Waals surface area contributed by atoms with Crippen LogP contribution in [0.3, 0.4) is 0 Å². The van der Waals surface area contributed by atoms with Gasteiger partial charge < -0.3 is 5.32 Å². The molecule has 0 amide bonds. The normalized spacial score (nSPS) is 26.2. The summed E-state index contributed by atoms with van der Waals surface area (Å²) in [4.78, 5) is 1.52. The van der Waals surface area contributed by atoms with Crippen molar-refractivity contribution in [2.75, 3.05) is 0 Å². The highest BCUT2D eigenvalue weighted by Gasteiger charge is 2.27. The molecule has 1 N–H and O–H groups in total. The zero-order chi connectivity index (χ0) is 12.5. The van der Waals surface area contributed by atoms with E-state index < -0.39 is 0 Å². The van der Waals surface area contributed by atoms with Gasteiger partial charge in [0.25, 0.3) is 0 Å². The van der Waals surface area contributed by atoms with Crippen molar-refractivity contribution >= 4 is 22.9 Å². The second-order valence-electron chi connectivity index (χ2n) is 5.87. The number of fused-ring (bicyclic) bond motifs is 1. The molecule has 0 aliphatic heterocycles. The molecule has 1 saturated carbocycles. The van der Waals surface area contributed by atoms with Gasteiger partial charge in [0.05, 0.1) is 4.34 Å². The second-order valence-corrected chi connectivity index (χ2v) is 7.64. The van der Waals surface area contributed by atoms with Crippen LogP contribution in [0.15, 0.2) is 6.07 Å². The molecular formula is C15H22ClNS. The Morgan fingerprint density at radius 1 is 1.28 bits per heavy atom. The Balaban J connectivity index is 1.69. The van der Waals surface area contributed by atoms with Crippen molar-refractivity contribution in [1.29, 1.82) is 0 Å². The Labute approximate surface area is 119 Å². The van der Waals surface area contributed by atoms with Crippen LogP contribution in [0.4, 0.5) is 0 Å². The van der Waals surface area contributed by atoms with Crippen molar-refractivity contribution in [2.45, 2.75) is 64.0 Å². The van der Waals surface area contributed by atoms with Crippen molar-refractivity contribution < 1.29 is 0 Å². The van der Waals surface area contributed by atoms with E-state index in [9.17, 15) is 0 Å². The third-order valence-electron chi connectivity index (χ3n) is 4.65. The van der Waals surface area contributed by atoms with E-state index in [4.69, 9.17) is 11.6 Å². The summed E-state index contributed by atoms with van der Waals surface area (Å²) in [5.41, 5.74) is 1.49. The van der Waals surface area contributed by atoms with Crippen LogP contribution >= 0.6 is 22.9 Å². The van der Waals surface area contributed by atoms with Crippen molar-refractivity contribution in [3.8, 4) is 0 Å². The van der Waals surface area contributed by atoms with Crippen LogP contribution in [0.5, 0.6) is 0 Å². The molecule has 0 saturated heterocycles.